The SMILES string of the molecule is O=S(=O)(C1CCCC1)n1cc(-c2nc(N[C@@H]3CCOC[C@H]3O)ncc2Cl)cn1. The van der Waals surface area contributed by atoms with E-state index in [0.717, 1.165) is 16.9 Å². The molecule has 1 saturated heterocycles. The molecule has 11 heteroatoms. The molecule has 0 unspecified atom stereocenters. The van der Waals surface area contributed by atoms with Crippen molar-refractivity contribution in [2.75, 3.05) is 18.5 Å². The molecule has 1 aliphatic carbocycles. The summed E-state index contributed by atoms with van der Waals surface area (Å²) in [5.41, 5.74) is 0.873. The van der Waals surface area contributed by atoms with E-state index in [9.17, 15) is 13.5 Å². The van der Waals surface area contributed by atoms with Gasteiger partial charge < -0.3 is 15.2 Å². The maximum absolute atomic E-state index is 12.7. The van der Waals surface area contributed by atoms with Gasteiger partial charge >= 0.3 is 0 Å². The monoisotopic (exact) mass is 427 g/mol. The summed E-state index contributed by atoms with van der Waals surface area (Å²) in [6.07, 6.45) is 7.45. The molecule has 0 radical (unpaired) electrons. The zero-order valence-electron chi connectivity index (χ0n) is 15.2. The largest absolute Gasteiger partial charge is 0.389 e. The molecular weight excluding hydrogens is 406 g/mol. The Morgan fingerprint density at radius 2 is 2.04 bits per heavy atom. The summed E-state index contributed by atoms with van der Waals surface area (Å²) in [6.45, 7) is 0.797. The van der Waals surface area contributed by atoms with Crippen LogP contribution < -0.4 is 5.32 Å². The molecule has 2 aliphatic rings. The third-order valence-corrected chi connectivity index (χ3v) is 7.51. The Labute approximate surface area is 168 Å². The quantitative estimate of drug-likeness (QED) is 0.739. The minimum atomic E-state index is -3.52. The van der Waals surface area contributed by atoms with E-state index in [0.29, 0.717) is 43.1 Å². The number of hydrogen-bond acceptors (Lipinski definition) is 8. The van der Waals surface area contributed by atoms with Gasteiger partial charge in [-0.1, -0.05) is 24.4 Å². The van der Waals surface area contributed by atoms with Gasteiger partial charge in [0.05, 0.1) is 53.3 Å². The van der Waals surface area contributed by atoms with Crippen molar-refractivity contribution in [3.63, 3.8) is 0 Å². The average molecular weight is 428 g/mol. The number of aromatic nitrogens is 4. The number of hydrogen-bond donors (Lipinski definition) is 2. The number of aliphatic hydroxyl groups excluding tert-OH is 1. The zero-order chi connectivity index (χ0) is 19.7. The fraction of sp³-hybridized carbons (Fsp3) is 0.588. The molecule has 0 bridgehead atoms. The van der Waals surface area contributed by atoms with Gasteiger partial charge in [0.1, 0.15) is 0 Å². The smallest absolute Gasteiger partial charge is 0.256 e. The Hall–Kier alpha value is -1.75. The molecule has 28 heavy (non-hydrogen) atoms. The summed E-state index contributed by atoms with van der Waals surface area (Å²) in [4.78, 5) is 8.57. The highest BCUT2D eigenvalue weighted by molar-refractivity contribution is 7.90. The molecule has 2 aromatic rings. The van der Waals surface area contributed by atoms with Gasteiger partial charge in [-0.15, -0.1) is 0 Å². The highest BCUT2D eigenvalue weighted by Gasteiger charge is 2.31. The summed E-state index contributed by atoms with van der Waals surface area (Å²) in [7, 11) is -3.52. The number of nitrogens with one attached hydrogen (secondary N) is 1. The van der Waals surface area contributed by atoms with E-state index in [2.05, 4.69) is 20.4 Å². The fourth-order valence-corrected chi connectivity index (χ4v) is 5.48. The third kappa shape index (κ3) is 3.86. The lowest BCUT2D eigenvalue weighted by Crippen LogP contribution is -2.42. The van der Waals surface area contributed by atoms with Crippen LogP contribution in [0.5, 0.6) is 0 Å². The first kappa shape index (κ1) is 19.6. The topological polar surface area (TPSA) is 119 Å². The van der Waals surface area contributed by atoms with Crippen molar-refractivity contribution >= 4 is 27.6 Å². The van der Waals surface area contributed by atoms with Gasteiger partial charge in [-0.05, 0) is 19.3 Å². The van der Waals surface area contributed by atoms with Crippen LogP contribution in [-0.2, 0) is 14.8 Å². The lowest BCUT2D eigenvalue weighted by Gasteiger charge is -2.28. The Morgan fingerprint density at radius 3 is 2.79 bits per heavy atom. The van der Waals surface area contributed by atoms with Crippen LogP contribution in [0.25, 0.3) is 11.3 Å². The lowest BCUT2D eigenvalue weighted by atomic mass is 10.1. The average Bonchev–Trinajstić information content (AvgIpc) is 3.37. The summed E-state index contributed by atoms with van der Waals surface area (Å²) >= 11 is 6.24. The van der Waals surface area contributed by atoms with E-state index in [-0.39, 0.29) is 17.7 Å². The van der Waals surface area contributed by atoms with Crippen molar-refractivity contribution in [3.05, 3.63) is 23.6 Å². The molecule has 1 saturated carbocycles. The molecule has 1 aliphatic heterocycles. The van der Waals surface area contributed by atoms with Crippen molar-refractivity contribution in [1.29, 1.82) is 0 Å². The summed E-state index contributed by atoms with van der Waals surface area (Å²) < 4.78 is 31.7. The van der Waals surface area contributed by atoms with Crippen LogP contribution in [0.2, 0.25) is 5.02 Å². The number of aliphatic hydroxyl groups is 1. The van der Waals surface area contributed by atoms with Crippen molar-refractivity contribution < 1.29 is 18.3 Å². The second kappa shape index (κ2) is 7.94. The minimum absolute atomic E-state index is 0.228. The predicted octanol–water partition coefficient (Wildman–Crippen LogP) is 1.68. The second-order valence-electron chi connectivity index (χ2n) is 7.12. The van der Waals surface area contributed by atoms with Gasteiger partial charge in [-0.25, -0.2) is 18.4 Å². The molecule has 2 fully saturated rings. The molecule has 2 atom stereocenters. The van der Waals surface area contributed by atoms with Crippen molar-refractivity contribution in [2.24, 2.45) is 0 Å². The lowest BCUT2D eigenvalue weighted by molar-refractivity contribution is -0.0136. The summed E-state index contributed by atoms with van der Waals surface area (Å²) in [5.74, 6) is 0.303. The molecule has 3 heterocycles. The van der Waals surface area contributed by atoms with Gasteiger partial charge in [-0.2, -0.15) is 9.19 Å². The number of nitrogens with zero attached hydrogens (tertiary/aromatic N) is 4. The molecular formula is C17H22ClN5O4S. The maximum Gasteiger partial charge on any atom is 0.256 e. The van der Waals surface area contributed by atoms with Crippen LogP contribution in [0.4, 0.5) is 5.95 Å². The Bertz CT molecular complexity index is 945. The predicted molar refractivity (Wildman–Crippen MR) is 104 cm³/mol. The molecule has 0 aromatic carbocycles. The Kier molecular flexibility index (Phi) is 5.55. The van der Waals surface area contributed by atoms with Crippen LogP contribution in [0.1, 0.15) is 32.1 Å². The number of halogens is 1. The van der Waals surface area contributed by atoms with Crippen LogP contribution in [0.3, 0.4) is 0 Å². The number of ether oxygens (including phenoxy) is 1. The number of anilines is 1. The fourth-order valence-electron chi connectivity index (χ4n) is 3.60. The third-order valence-electron chi connectivity index (χ3n) is 5.20. The van der Waals surface area contributed by atoms with E-state index in [1.807, 2.05) is 0 Å². The Morgan fingerprint density at radius 1 is 1.25 bits per heavy atom. The molecule has 0 amide bonds. The van der Waals surface area contributed by atoms with Crippen molar-refractivity contribution in [3.8, 4) is 11.3 Å². The van der Waals surface area contributed by atoms with Gasteiger partial charge in [0.15, 0.2) is 0 Å². The second-order valence-corrected chi connectivity index (χ2v) is 9.60. The van der Waals surface area contributed by atoms with Crippen LogP contribution in [0, 0.1) is 0 Å². The highest BCUT2D eigenvalue weighted by Crippen LogP contribution is 2.29. The van der Waals surface area contributed by atoms with Gasteiger partial charge in [0.25, 0.3) is 10.0 Å². The van der Waals surface area contributed by atoms with E-state index in [4.69, 9.17) is 16.3 Å². The van der Waals surface area contributed by atoms with Gasteiger partial charge in [0.2, 0.25) is 5.95 Å². The standard InChI is InChI=1S/C17H22ClN5O4S/c18-13-8-19-17(21-14-5-6-27-10-15(14)24)22-16(13)11-7-20-23(9-11)28(25,26)12-3-1-2-4-12/h7-9,12,14-15,24H,1-6,10H2,(H,19,21,22)/t14-,15-/m1/s1. The van der Waals surface area contributed by atoms with Gasteiger partial charge in [-0.3, -0.25) is 0 Å². The summed E-state index contributed by atoms with van der Waals surface area (Å²) in [6, 6.07) is -0.228. The molecule has 152 valence electrons. The molecule has 2 aromatic heterocycles. The number of rotatable bonds is 5. The molecule has 9 nitrogen and oxygen atoms in total. The first-order chi connectivity index (χ1) is 13.4. The van der Waals surface area contributed by atoms with Crippen LogP contribution >= 0.6 is 11.6 Å². The molecule has 0 spiro atoms. The summed E-state index contributed by atoms with van der Waals surface area (Å²) in [5, 5.41) is 17.0. The van der Waals surface area contributed by atoms with Crippen molar-refractivity contribution in [1.82, 2.24) is 19.2 Å². The van der Waals surface area contributed by atoms with Crippen molar-refractivity contribution in [2.45, 2.75) is 49.5 Å². The minimum Gasteiger partial charge on any atom is -0.389 e. The van der Waals surface area contributed by atoms with Gasteiger partial charge in [0, 0.05) is 12.2 Å². The highest BCUT2D eigenvalue weighted by atomic mass is 35.5. The first-order valence-corrected chi connectivity index (χ1v) is 11.2. The zero-order valence-corrected chi connectivity index (χ0v) is 16.7. The van der Waals surface area contributed by atoms with Crippen LogP contribution in [-0.4, -0.2) is 63.3 Å². The first-order valence-electron chi connectivity index (χ1n) is 9.29. The normalized spacial score (nSPS) is 23.8. The van der Waals surface area contributed by atoms with E-state index in [1.165, 1.54) is 18.6 Å². The maximum atomic E-state index is 12.7. The molecule has 2 N–H and O–H groups in total. The van der Waals surface area contributed by atoms with Crippen LogP contribution in [0.15, 0.2) is 18.6 Å². The Balaban J connectivity index is 1.58. The molecule has 4 rings (SSSR count). The van der Waals surface area contributed by atoms with E-state index in [1.54, 1.807) is 0 Å². The van der Waals surface area contributed by atoms with E-state index < -0.39 is 21.4 Å². The van der Waals surface area contributed by atoms with E-state index >= 15 is 0 Å².